The van der Waals surface area contributed by atoms with Crippen molar-refractivity contribution in [3.05, 3.63) is 23.3 Å². The molecule has 18 heavy (non-hydrogen) atoms. The number of nitrogen functional groups attached to an aromatic ring is 1. The first-order chi connectivity index (χ1) is 8.43. The van der Waals surface area contributed by atoms with Gasteiger partial charge in [-0.2, -0.15) is 0 Å². The maximum absolute atomic E-state index is 11.5. The minimum atomic E-state index is -0.764. The first-order valence-electron chi connectivity index (χ1n) is 6.10. The van der Waals surface area contributed by atoms with Crippen molar-refractivity contribution in [3.8, 4) is 0 Å². The van der Waals surface area contributed by atoms with Gasteiger partial charge >= 0.3 is 0 Å². The van der Waals surface area contributed by atoms with Crippen LogP contribution >= 0.6 is 0 Å². The van der Waals surface area contributed by atoms with Gasteiger partial charge in [0.25, 0.3) is 5.91 Å². The fraction of sp³-hybridized carbons (Fsp3) is 0.462. The molecule has 1 heterocycles. The lowest BCUT2D eigenvalue weighted by atomic mass is 10.0. The maximum Gasteiger partial charge on any atom is 0.251 e. The maximum atomic E-state index is 11.5. The standard InChI is InChI=1S/C13H19N3O2/c1-3-13(2,18)7-16-11-4-8-6-15-12(17)9(8)5-10(11)14/h4-5,16,18H,3,6-7,14H2,1-2H3,(H,15,17). The number of fused-ring (bicyclic) bond motifs is 1. The highest BCUT2D eigenvalue weighted by atomic mass is 16.3. The number of benzene rings is 1. The minimum Gasteiger partial charge on any atom is -0.397 e. The van der Waals surface area contributed by atoms with Gasteiger partial charge in [0.1, 0.15) is 0 Å². The number of hydrogen-bond donors (Lipinski definition) is 4. The van der Waals surface area contributed by atoms with E-state index in [9.17, 15) is 9.90 Å². The van der Waals surface area contributed by atoms with Gasteiger partial charge in [-0.3, -0.25) is 4.79 Å². The number of amides is 1. The van der Waals surface area contributed by atoms with Crippen molar-refractivity contribution in [2.75, 3.05) is 17.6 Å². The third-order valence-electron chi connectivity index (χ3n) is 3.38. The zero-order valence-corrected chi connectivity index (χ0v) is 10.7. The van der Waals surface area contributed by atoms with Gasteiger partial charge in [-0.05, 0) is 31.0 Å². The van der Waals surface area contributed by atoms with Gasteiger partial charge in [-0.1, -0.05) is 6.92 Å². The molecule has 1 atom stereocenters. The van der Waals surface area contributed by atoms with Crippen LogP contribution in [0.3, 0.4) is 0 Å². The predicted octanol–water partition coefficient (Wildman–Crippen LogP) is 1.09. The number of hydrogen-bond acceptors (Lipinski definition) is 4. The van der Waals surface area contributed by atoms with Gasteiger partial charge in [0.05, 0.1) is 17.0 Å². The Kier molecular flexibility index (Phi) is 3.17. The Morgan fingerprint density at radius 1 is 1.56 bits per heavy atom. The van der Waals surface area contributed by atoms with Crippen molar-refractivity contribution >= 4 is 17.3 Å². The summed E-state index contributed by atoms with van der Waals surface area (Å²) in [5.41, 5.74) is 8.00. The first kappa shape index (κ1) is 12.7. The van der Waals surface area contributed by atoms with E-state index in [0.29, 0.717) is 30.8 Å². The molecule has 0 bridgehead atoms. The number of nitrogens with two attached hydrogens (primary N) is 1. The fourth-order valence-corrected chi connectivity index (χ4v) is 1.85. The zero-order chi connectivity index (χ0) is 13.3. The molecule has 1 aliphatic rings. The summed E-state index contributed by atoms with van der Waals surface area (Å²) in [6.07, 6.45) is 0.658. The molecule has 0 spiro atoms. The van der Waals surface area contributed by atoms with Crippen LogP contribution < -0.4 is 16.4 Å². The molecule has 98 valence electrons. The Balaban J connectivity index is 2.18. The van der Waals surface area contributed by atoms with Gasteiger partial charge in [0.15, 0.2) is 0 Å². The van der Waals surface area contributed by atoms with Crippen LogP contribution in [0.4, 0.5) is 11.4 Å². The highest BCUT2D eigenvalue weighted by molar-refractivity contribution is 6.00. The summed E-state index contributed by atoms with van der Waals surface area (Å²) in [6.45, 7) is 4.66. The van der Waals surface area contributed by atoms with E-state index in [1.54, 1.807) is 13.0 Å². The molecule has 0 fully saturated rings. The molecule has 1 aromatic rings. The lowest BCUT2D eigenvalue weighted by Gasteiger charge is -2.23. The summed E-state index contributed by atoms with van der Waals surface area (Å²) >= 11 is 0. The summed E-state index contributed by atoms with van der Waals surface area (Å²) in [7, 11) is 0. The van der Waals surface area contributed by atoms with Crippen molar-refractivity contribution in [1.82, 2.24) is 5.32 Å². The molecule has 0 aromatic heterocycles. The average molecular weight is 249 g/mol. The predicted molar refractivity (Wildman–Crippen MR) is 71.4 cm³/mol. The molecule has 5 heteroatoms. The van der Waals surface area contributed by atoms with Gasteiger partial charge in [-0.25, -0.2) is 0 Å². The van der Waals surface area contributed by atoms with E-state index in [4.69, 9.17) is 5.73 Å². The monoisotopic (exact) mass is 249 g/mol. The SMILES string of the molecule is CCC(C)(O)CNc1cc2c(cc1N)C(=O)NC2. The van der Waals surface area contributed by atoms with Crippen LogP contribution in [0.1, 0.15) is 36.2 Å². The number of rotatable bonds is 4. The lowest BCUT2D eigenvalue weighted by molar-refractivity contribution is 0.0697. The van der Waals surface area contributed by atoms with Crippen molar-refractivity contribution in [3.63, 3.8) is 0 Å². The second-order valence-corrected chi connectivity index (χ2v) is 4.98. The van der Waals surface area contributed by atoms with E-state index in [2.05, 4.69) is 10.6 Å². The Morgan fingerprint density at radius 2 is 2.28 bits per heavy atom. The smallest absolute Gasteiger partial charge is 0.251 e. The van der Waals surface area contributed by atoms with Gasteiger partial charge in [-0.15, -0.1) is 0 Å². The van der Waals surface area contributed by atoms with Crippen LogP contribution in [-0.2, 0) is 6.54 Å². The third-order valence-corrected chi connectivity index (χ3v) is 3.38. The van der Waals surface area contributed by atoms with Crippen LogP contribution in [0.15, 0.2) is 12.1 Å². The topological polar surface area (TPSA) is 87.4 Å². The molecule has 1 unspecified atom stereocenters. The van der Waals surface area contributed by atoms with Crippen LogP contribution in [0.25, 0.3) is 0 Å². The van der Waals surface area contributed by atoms with Gasteiger partial charge < -0.3 is 21.5 Å². The van der Waals surface area contributed by atoms with Crippen LogP contribution in [-0.4, -0.2) is 23.2 Å². The number of carbonyl (C=O) groups excluding carboxylic acids is 1. The molecule has 0 saturated carbocycles. The first-order valence-corrected chi connectivity index (χ1v) is 6.10. The molecular weight excluding hydrogens is 230 g/mol. The Labute approximate surface area is 106 Å². The molecule has 1 amide bonds. The fourth-order valence-electron chi connectivity index (χ4n) is 1.85. The molecule has 2 rings (SSSR count). The molecule has 0 aliphatic carbocycles. The zero-order valence-electron chi connectivity index (χ0n) is 10.7. The van der Waals surface area contributed by atoms with Crippen molar-refractivity contribution in [1.29, 1.82) is 0 Å². The second kappa shape index (κ2) is 4.49. The average Bonchev–Trinajstić information content (AvgIpc) is 2.68. The molecule has 0 saturated heterocycles. The minimum absolute atomic E-state index is 0.0798. The summed E-state index contributed by atoms with van der Waals surface area (Å²) < 4.78 is 0. The highest BCUT2D eigenvalue weighted by Crippen LogP contribution is 2.27. The van der Waals surface area contributed by atoms with Crippen LogP contribution in [0.2, 0.25) is 0 Å². The van der Waals surface area contributed by atoms with E-state index in [-0.39, 0.29) is 5.91 Å². The molecule has 1 aromatic carbocycles. The Morgan fingerprint density at radius 3 is 2.94 bits per heavy atom. The Bertz CT molecular complexity index is 483. The normalized spacial score (nSPS) is 16.9. The molecular formula is C13H19N3O2. The molecule has 1 aliphatic heterocycles. The summed E-state index contributed by atoms with van der Waals surface area (Å²) in [6, 6.07) is 3.55. The summed E-state index contributed by atoms with van der Waals surface area (Å²) in [5, 5.41) is 15.8. The number of aliphatic hydroxyl groups is 1. The molecule has 5 nitrogen and oxygen atoms in total. The van der Waals surface area contributed by atoms with Crippen molar-refractivity contribution < 1.29 is 9.90 Å². The van der Waals surface area contributed by atoms with E-state index < -0.39 is 5.60 Å². The molecule has 5 N–H and O–H groups in total. The van der Waals surface area contributed by atoms with E-state index in [0.717, 1.165) is 11.3 Å². The Hall–Kier alpha value is -1.75. The number of anilines is 2. The van der Waals surface area contributed by atoms with Gasteiger partial charge in [0.2, 0.25) is 0 Å². The third kappa shape index (κ3) is 2.41. The summed E-state index contributed by atoms with van der Waals surface area (Å²) in [5.74, 6) is -0.0798. The van der Waals surface area contributed by atoms with Gasteiger partial charge in [0, 0.05) is 18.7 Å². The quantitative estimate of drug-likeness (QED) is 0.601. The largest absolute Gasteiger partial charge is 0.397 e. The van der Waals surface area contributed by atoms with E-state index >= 15 is 0 Å². The van der Waals surface area contributed by atoms with Crippen LogP contribution in [0, 0.1) is 0 Å². The summed E-state index contributed by atoms with van der Waals surface area (Å²) in [4.78, 5) is 11.5. The highest BCUT2D eigenvalue weighted by Gasteiger charge is 2.22. The van der Waals surface area contributed by atoms with Crippen molar-refractivity contribution in [2.24, 2.45) is 0 Å². The number of nitrogens with one attached hydrogen (secondary N) is 2. The van der Waals surface area contributed by atoms with E-state index in [1.807, 2.05) is 13.0 Å². The molecule has 0 radical (unpaired) electrons. The second-order valence-electron chi connectivity index (χ2n) is 4.98. The van der Waals surface area contributed by atoms with Crippen molar-refractivity contribution in [2.45, 2.75) is 32.4 Å². The number of carbonyl (C=O) groups is 1. The van der Waals surface area contributed by atoms with E-state index in [1.165, 1.54) is 0 Å². The lowest BCUT2D eigenvalue weighted by Crippen LogP contribution is -2.32. The van der Waals surface area contributed by atoms with Crippen LogP contribution in [0.5, 0.6) is 0 Å².